The Morgan fingerprint density at radius 2 is 1.50 bits per heavy atom. The van der Waals surface area contributed by atoms with E-state index in [1.165, 1.54) is 12.8 Å². The molecule has 2 rings (SSSR count). The largest absolute Gasteiger partial charge is 0.393 e. The van der Waals surface area contributed by atoms with E-state index >= 15 is 0 Å². The number of aliphatic hydroxyl groups excluding tert-OH is 1. The highest BCUT2D eigenvalue weighted by Crippen LogP contribution is 2.39. The Balaban J connectivity index is 1.75. The minimum absolute atomic E-state index is 0.148. The molecule has 2 N–H and O–H groups in total. The van der Waals surface area contributed by atoms with Crippen molar-refractivity contribution in [3.05, 3.63) is 0 Å². The lowest BCUT2D eigenvalue weighted by molar-refractivity contribution is -0.127. The van der Waals surface area contributed by atoms with Crippen molar-refractivity contribution >= 4 is 5.91 Å². The molecule has 2 aliphatic rings. The Kier molecular flexibility index (Phi) is 5.11. The maximum absolute atomic E-state index is 12.3. The second-order valence-electron chi connectivity index (χ2n) is 7.93. The van der Waals surface area contributed by atoms with Crippen LogP contribution in [0.1, 0.15) is 72.1 Å². The van der Waals surface area contributed by atoms with Gasteiger partial charge in [-0.25, -0.2) is 0 Å². The van der Waals surface area contributed by atoms with Crippen LogP contribution < -0.4 is 5.32 Å². The van der Waals surface area contributed by atoms with Crippen LogP contribution in [0.2, 0.25) is 0 Å². The van der Waals surface area contributed by atoms with Gasteiger partial charge in [0.15, 0.2) is 0 Å². The zero-order valence-corrected chi connectivity index (χ0v) is 13.3. The van der Waals surface area contributed by atoms with Crippen LogP contribution in [0.3, 0.4) is 0 Å². The Labute approximate surface area is 123 Å². The van der Waals surface area contributed by atoms with E-state index in [-0.39, 0.29) is 17.9 Å². The molecular formula is C17H31NO2. The third-order valence-electron chi connectivity index (χ3n) is 5.37. The number of hydrogen-bond acceptors (Lipinski definition) is 2. The maximum Gasteiger partial charge on any atom is 0.223 e. The second kappa shape index (κ2) is 6.46. The molecule has 0 aliphatic heterocycles. The molecule has 0 atom stereocenters. The first-order chi connectivity index (χ1) is 9.36. The summed E-state index contributed by atoms with van der Waals surface area (Å²) in [6.07, 6.45) is 7.85. The van der Waals surface area contributed by atoms with Crippen LogP contribution in [0.25, 0.3) is 0 Å². The number of hydrogen-bond donors (Lipinski definition) is 2. The molecule has 0 aromatic heterocycles. The van der Waals surface area contributed by atoms with Crippen molar-refractivity contribution in [3.63, 3.8) is 0 Å². The average Bonchev–Trinajstić information content (AvgIpc) is 2.40. The second-order valence-corrected chi connectivity index (χ2v) is 7.93. The summed E-state index contributed by atoms with van der Waals surface area (Å²) < 4.78 is 0. The van der Waals surface area contributed by atoms with Crippen LogP contribution >= 0.6 is 0 Å². The minimum atomic E-state index is -0.148. The molecular weight excluding hydrogens is 250 g/mol. The predicted octanol–water partition coefficient (Wildman–Crippen LogP) is 3.26. The van der Waals surface area contributed by atoms with Gasteiger partial charge in [-0.05, 0) is 62.7 Å². The average molecular weight is 281 g/mol. The topological polar surface area (TPSA) is 49.3 Å². The van der Waals surface area contributed by atoms with Crippen LogP contribution in [0.15, 0.2) is 0 Å². The first-order valence-electron chi connectivity index (χ1n) is 8.34. The van der Waals surface area contributed by atoms with Gasteiger partial charge in [-0.15, -0.1) is 0 Å². The quantitative estimate of drug-likeness (QED) is 0.816. The van der Waals surface area contributed by atoms with Crippen molar-refractivity contribution in [2.75, 3.05) is 0 Å². The lowest BCUT2D eigenvalue weighted by atomic mass is 9.69. The molecule has 0 bridgehead atoms. The molecule has 20 heavy (non-hydrogen) atoms. The molecule has 0 heterocycles. The lowest BCUT2D eigenvalue weighted by Crippen LogP contribution is -2.43. The van der Waals surface area contributed by atoms with Gasteiger partial charge in [-0.1, -0.05) is 20.8 Å². The number of aliphatic hydroxyl groups is 1. The Morgan fingerprint density at radius 1 is 0.950 bits per heavy atom. The maximum atomic E-state index is 12.3. The highest BCUT2D eigenvalue weighted by Gasteiger charge is 2.33. The first kappa shape index (κ1) is 15.8. The van der Waals surface area contributed by atoms with E-state index in [9.17, 15) is 9.90 Å². The van der Waals surface area contributed by atoms with Crippen LogP contribution in [-0.2, 0) is 4.79 Å². The predicted molar refractivity (Wildman–Crippen MR) is 81.3 cm³/mol. The van der Waals surface area contributed by atoms with Crippen molar-refractivity contribution < 1.29 is 9.90 Å². The van der Waals surface area contributed by atoms with E-state index in [1.807, 2.05) is 0 Å². The molecule has 0 unspecified atom stereocenters. The van der Waals surface area contributed by atoms with Crippen molar-refractivity contribution in [1.82, 2.24) is 5.32 Å². The molecule has 0 radical (unpaired) electrons. The van der Waals surface area contributed by atoms with Gasteiger partial charge in [0, 0.05) is 12.0 Å². The fourth-order valence-corrected chi connectivity index (χ4v) is 3.76. The van der Waals surface area contributed by atoms with Crippen molar-refractivity contribution in [1.29, 1.82) is 0 Å². The van der Waals surface area contributed by atoms with Crippen molar-refractivity contribution in [2.24, 2.45) is 17.3 Å². The zero-order valence-electron chi connectivity index (χ0n) is 13.3. The molecule has 2 saturated carbocycles. The summed E-state index contributed by atoms with van der Waals surface area (Å²) in [5.41, 5.74) is 0.376. The van der Waals surface area contributed by atoms with Gasteiger partial charge in [0.25, 0.3) is 0 Å². The molecule has 3 heteroatoms. The van der Waals surface area contributed by atoms with Gasteiger partial charge in [-0.3, -0.25) is 4.79 Å². The van der Waals surface area contributed by atoms with Gasteiger partial charge < -0.3 is 10.4 Å². The van der Waals surface area contributed by atoms with Gasteiger partial charge in [-0.2, -0.15) is 0 Å². The smallest absolute Gasteiger partial charge is 0.223 e. The SMILES string of the molecule is CC(C)(C)C1CCC(C(=O)NC2CCC(O)CC2)CC1. The van der Waals surface area contributed by atoms with E-state index in [4.69, 9.17) is 0 Å². The van der Waals surface area contributed by atoms with E-state index in [1.54, 1.807) is 0 Å². The highest BCUT2D eigenvalue weighted by molar-refractivity contribution is 5.79. The Hall–Kier alpha value is -0.570. The summed E-state index contributed by atoms with van der Waals surface area (Å²) in [6, 6.07) is 0.297. The molecule has 0 spiro atoms. The van der Waals surface area contributed by atoms with Crippen molar-refractivity contribution in [2.45, 2.75) is 84.3 Å². The molecule has 3 nitrogen and oxygen atoms in total. The van der Waals surface area contributed by atoms with Gasteiger partial charge in [0.1, 0.15) is 0 Å². The van der Waals surface area contributed by atoms with Crippen molar-refractivity contribution in [3.8, 4) is 0 Å². The van der Waals surface area contributed by atoms with Crippen LogP contribution in [0.5, 0.6) is 0 Å². The van der Waals surface area contributed by atoms with Gasteiger partial charge >= 0.3 is 0 Å². The third kappa shape index (κ3) is 4.21. The van der Waals surface area contributed by atoms with Crippen LogP contribution in [0.4, 0.5) is 0 Å². The zero-order chi connectivity index (χ0) is 14.8. The van der Waals surface area contributed by atoms with Gasteiger partial charge in [0.2, 0.25) is 5.91 Å². The molecule has 1 amide bonds. The third-order valence-corrected chi connectivity index (χ3v) is 5.37. The van der Waals surface area contributed by atoms with E-state index < -0.39 is 0 Å². The first-order valence-corrected chi connectivity index (χ1v) is 8.34. The van der Waals surface area contributed by atoms with E-state index in [0.717, 1.165) is 44.4 Å². The molecule has 0 aromatic rings. The molecule has 116 valence electrons. The minimum Gasteiger partial charge on any atom is -0.393 e. The number of rotatable bonds is 2. The fraction of sp³-hybridized carbons (Fsp3) is 0.941. The fourth-order valence-electron chi connectivity index (χ4n) is 3.76. The summed E-state index contributed by atoms with van der Waals surface area (Å²) >= 11 is 0. The van der Waals surface area contributed by atoms with E-state index in [0.29, 0.717) is 11.5 Å². The summed E-state index contributed by atoms with van der Waals surface area (Å²) in [5.74, 6) is 1.25. The Morgan fingerprint density at radius 3 is 2.00 bits per heavy atom. The normalized spacial score (nSPS) is 35.6. The van der Waals surface area contributed by atoms with Crippen LogP contribution in [-0.4, -0.2) is 23.2 Å². The summed E-state index contributed by atoms with van der Waals surface area (Å²) in [4.78, 5) is 12.3. The molecule has 2 aliphatic carbocycles. The standard InChI is InChI=1S/C17H31NO2/c1-17(2,3)13-6-4-12(5-7-13)16(20)18-14-8-10-15(19)11-9-14/h12-15,19H,4-11H2,1-3H3,(H,18,20). The monoisotopic (exact) mass is 281 g/mol. The highest BCUT2D eigenvalue weighted by atomic mass is 16.3. The number of carbonyl (C=O) groups is 1. The molecule has 0 saturated heterocycles. The number of carbonyl (C=O) groups excluding carboxylic acids is 1. The Bertz CT molecular complexity index is 318. The van der Waals surface area contributed by atoms with E-state index in [2.05, 4.69) is 26.1 Å². The molecule has 2 fully saturated rings. The number of amides is 1. The summed E-state index contributed by atoms with van der Waals surface area (Å²) in [5, 5.41) is 12.7. The lowest BCUT2D eigenvalue weighted by Gasteiger charge is -2.37. The molecule has 0 aromatic carbocycles. The number of nitrogens with one attached hydrogen (secondary N) is 1. The van der Waals surface area contributed by atoms with Gasteiger partial charge in [0.05, 0.1) is 6.10 Å². The van der Waals surface area contributed by atoms with Crippen LogP contribution in [0, 0.1) is 17.3 Å². The summed E-state index contributed by atoms with van der Waals surface area (Å²) in [6.45, 7) is 6.93. The summed E-state index contributed by atoms with van der Waals surface area (Å²) in [7, 11) is 0.